The van der Waals surface area contributed by atoms with Crippen LogP contribution in [0.2, 0.25) is 0 Å². The largest absolute Gasteiger partial charge is 0.422 e. The highest BCUT2D eigenvalue weighted by atomic mass is 16.4. The molecule has 1 N–H and O–H groups in total. The van der Waals surface area contributed by atoms with Crippen LogP contribution in [0.1, 0.15) is 12.5 Å². The Morgan fingerprint density at radius 1 is 0.788 bits per heavy atom. The predicted molar refractivity (Wildman–Crippen MR) is 131 cm³/mol. The maximum Gasteiger partial charge on any atom is 0.347 e. The fourth-order valence-electron chi connectivity index (χ4n) is 3.69. The van der Waals surface area contributed by atoms with E-state index in [0.717, 1.165) is 28.6 Å². The summed E-state index contributed by atoms with van der Waals surface area (Å²) in [7, 11) is 1.82. The van der Waals surface area contributed by atoms with E-state index in [4.69, 9.17) is 9.40 Å². The first-order valence-corrected chi connectivity index (χ1v) is 10.8. The maximum atomic E-state index is 12.9. The monoisotopic (exact) mass is 434 g/mol. The van der Waals surface area contributed by atoms with E-state index in [-0.39, 0.29) is 5.82 Å². The molecule has 0 bridgehead atoms. The lowest BCUT2D eigenvalue weighted by atomic mass is 10.1. The van der Waals surface area contributed by atoms with Gasteiger partial charge in [0.25, 0.3) is 0 Å². The van der Waals surface area contributed by atoms with Crippen LogP contribution in [-0.4, -0.2) is 22.0 Å². The molecule has 6 heteroatoms. The Labute approximate surface area is 191 Å². The molecule has 6 nitrogen and oxygen atoms in total. The minimum absolute atomic E-state index is 0.286. The van der Waals surface area contributed by atoms with Gasteiger partial charge < -0.3 is 9.73 Å². The molecule has 0 radical (unpaired) electrons. The number of nitrogens with one attached hydrogen (secondary N) is 1. The predicted octanol–water partition coefficient (Wildman–Crippen LogP) is 5.58. The number of benzene rings is 3. The summed E-state index contributed by atoms with van der Waals surface area (Å²) in [5.74, 6) is 1.30. The van der Waals surface area contributed by atoms with E-state index in [1.807, 2.05) is 61.6 Å². The average molecular weight is 434 g/mol. The van der Waals surface area contributed by atoms with Gasteiger partial charge in [0.05, 0.1) is 0 Å². The summed E-state index contributed by atoms with van der Waals surface area (Å²) in [5, 5.41) is 3.84. The third-order valence-corrected chi connectivity index (χ3v) is 5.53. The zero-order chi connectivity index (χ0) is 22.8. The molecule has 0 unspecified atom stereocenters. The number of fused-ring (bicyclic) bond motifs is 1. The van der Waals surface area contributed by atoms with Crippen molar-refractivity contribution < 1.29 is 4.42 Å². The molecule has 33 heavy (non-hydrogen) atoms. The van der Waals surface area contributed by atoms with E-state index < -0.39 is 5.63 Å². The first-order chi connectivity index (χ1) is 16.1. The van der Waals surface area contributed by atoms with Crippen molar-refractivity contribution in [1.82, 2.24) is 15.0 Å². The number of hydrogen-bond donors (Lipinski definition) is 1. The minimum atomic E-state index is -0.491. The summed E-state index contributed by atoms with van der Waals surface area (Å²) >= 11 is 0. The summed E-state index contributed by atoms with van der Waals surface area (Å²) in [6, 6.07) is 25.2. The van der Waals surface area contributed by atoms with Gasteiger partial charge in [0.2, 0.25) is 0 Å². The van der Waals surface area contributed by atoms with Crippen molar-refractivity contribution >= 4 is 16.7 Å². The van der Waals surface area contributed by atoms with Crippen molar-refractivity contribution in [2.45, 2.75) is 13.3 Å². The van der Waals surface area contributed by atoms with E-state index >= 15 is 0 Å². The smallest absolute Gasteiger partial charge is 0.347 e. The Morgan fingerprint density at radius 3 is 2.27 bits per heavy atom. The molecular weight excluding hydrogens is 412 g/mol. The Hall–Kier alpha value is -4.32. The molecule has 0 amide bonds. The zero-order valence-corrected chi connectivity index (χ0v) is 18.4. The molecule has 5 aromatic rings. The molecule has 5 rings (SSSR count). The molecule has 2 aromatic heterocycles. The molecule has 0 fully saturated rings. The fourth-order valence-corrected chi connectivity index (χ4v) is 3.69. The Morgan fingerprint density at radius 2 is 1.52 bits per heavy atom. The lowest BCUT2D eigenvalue weighted by Gasteiger charge is -2.09. The first-order valence-electron chi connectivity index (χ1n) is 10.8. The van der Waals surface area contributed by atoms with Gasteiger partial charge in [-0.1, -0.05) is 55.5 Å². The molecule has 0 aliphatic carbocycles. The highest BCUT2D eigenvalue weighted by Crippen LogP contribution is 2.26. The van der Waals surface area contributed by atoms with Crippen molar-refractivity contribution in [2.75, 3.05) is 12.4 Å². The minimum Gasteiger partial charge on any atom is -0.422 e. The van der Waals surface area contributed by atoms with Crippen LogP contribution in [0.15, 0.2) is 88.1 Å². The van der Waals surface area contributed by atoms with E-state index in [9.17, 15) is 4.79 Å². The van der Waals surface area contributed by atoms with E-state index in [1.165, 1.54) is 5.56 Å². The summed E-state index contributed by atoms with van der Waals surface area (Å²) < 4.78 is 5.62. The normalized spacial score (nSPS) is 11.0. The van der Waals surface area contributed by atoms with Crippen molar-refractivity contribution in [3.8, 4) is 34.2 Å². The van der Waals surface area contributed by atoms with Crippen LogP contribution >= 0.6 is 0 Å². The molecule has 0 saturated carbocycles. The van der Waals surface area contributed by atoms with Gasteiger partial charge in [-0.05, 0) is 36.2 Å². The third-order valence-electron chi connectivity index (χ3n) is 5.53. The summed E-state index contributed by atoms with van der Waals surface area (Å²) in [5.41, 5.74) is 4.08. The van der Waals surface area contributed by atoms with Crippen LogP contribution in [0.25, 0.3) is 45.1 Å². The number of aromatic nitrogens is 3. The number of nitrogens with zero attached hydrogens (tertiary/aromatic N) is 3. The molecule has 0 aliphatic rings. The van der Waals surface area contributed by atoms with Crippen LogP contribution in [0.5, 0.6) is 0 Å². The SMILES string of the molecule is CCc1cccc(-c2nc(-c3ccccc3)nc(-c3cc4ccc(NC)cc4oc3=O)n2)c1. The summed E-state index contributed by atoms with van der Waals surface area (Å²) in [4.78, 5) is 27.0. The van der Waals surface area contributed by atoms with Gasteiger partial charge in [0.15, 0.2) is 17.5 Å². The summed E-state index contributed by atoms with van der Waals surface area (Å²) in [6.07, 6.45) is 0.903. The number of aryl methyl sites for hydroxylation is 1. The van der Waals surface area contributed by atoms with E-state index in [1.54, 1.807) is 12.1 Å². The van der Waals surface area contributed by atoms with Crippen molar-refractivity contribution in [1.29, 1.82) is 0 Å². The van der Waals surface area contributed by atoms with Gasteiger partial charge in [-0.15, -0.1) is 0 Å². The van der Waals surface area contributed by atoms with Crippen LogP contribution in [-0.2, 0) is 6.42 Å². The standard InChI is InChI=1S/C27H22N4O2/c1-3-17-8-7-11-20(14-17)25-29-24(18-9-5-4-6-10-18)30-26(31-25)22-15-19-12-13-21(28-2)16-23(19)33-27(22)32/h4-16,28H,3H2,1-2H3. The second-order valence-electron chi connectivity index (χ2n) is 7.68. The van der Waals surface area contributed by atoms with Gasteiger partial charge >= 0.3 is 5.63 Å². The number of rotatable bonds is 5. The number of hydrogen-bond acceptors (Lipinski definition) is 6. The molecule has 3 aromatic carbocycles. The second-order valence-corrected chi connectivity index (χ2v) is 7.68. The van der Waals surface area contributed by atoms with E-state index in [0.29, 0.717) is 22.8 Å². The third kappa shape index (κ3) is 4.11. The average Bonchev–Trinajstić information content (AvgIpc) is 2.88. The topological polar surface area (TPSA) is 80.9 Å². The second kappa shape index (κ2) is 8.67. The highest BCUT2D eigenvalue weighted by molar-refractivity contribution is 5.83. The molecule has 0 saturated heterocycles. The lowest BCUT2D eigenvalue weighted by Crippen LogP contribution is -2.08. The Balaban J connectivity index is 1.73. The van der Waals surface area contributed by atoms with Crippen LogP contribution in [0.3, 0.4) is 0 Å². The van der Waals surface area contributed by atoms with Gasteiger partial charge in [-0.3, -0.25) is 0 Å². The zero-order valence-electron chi connectivity index (χ0n) is 18.4. The number of anilines is 1. The Bertz CT molecular complexity index is 1510. The molecule has 0 aliphatic heterocycles. The van der Waals surface area contributed by atoms with Gasteiger partial charge in [-0.2, -0.15) is 0 Å². The molecule has 0 atom stereocenters. The van der Waals surface area contributed by atoms with Crippen LogP contribution < -0.4 is 10.9 Å². The fraction of sp³-hybridized carbons (Fsp3) is 0.111. The van der Waals surface area contributed by atoms with Crippen LogP contribution in [0.4, 0.5) is 5.69 Å². The van der Waals surface area contributed by atoms with Crippen LogP contribution in [0, 0.1) is 0 Å². The van der Waals surface area contributed by atoms with Crippen molar-refractivity contribution in [3.63, 3.8) is 0 Å². The first kappa shape index (κ1) is 20.6. The van der Waals surface area contributed by atoms with E-state index in [2.05, 4.69) is 34.3 Å². The maximum absolute atomic E-state index is 12.9. The van der Waals surface area contributed by atoms with Crippen molar-refractivity contribution in [3.05, 3.63) is 94.8 Å². The molecule has 2 heterocycles. The Kier molecular flexibility index (Phi) is 5.40. The van der Waals surface area contributed by atoms with Crippen molar-refractivity contribution in [2.24, 2.45) is 0 Å². The molecular formula is C27H22N4O2. The van der Waals surface area contributed by atoms with Gasteiger partial charge in [0.1, 0.15) is 11.1 Å². The van der Waals surface area contributed by atoms with Gasteiger partial charge in [0, 0.05) is 35.3 Å². The lowest BCUT2D eigenvalue weighted by molar-refractivity contribution is 0.563. The highest BCUT2D eigenvalue weighted by Gasteiger charge is 2.16. The molecule has 162 valence electrons. The molecule has 0 spiro atoms. The van der Waals surface area contributed by atoms with Gasteiger partial charge in [-0.25, -0.2) is 19.7 Å². The quantitative estimate of drug-likeness (QED) is 0.364. The summed E-state index contributed by atoms with van der Waals surface area (Å²) in [6.45, 7) is 2.10.